The minimum Gasteiger partial charge on any atom is -0.319 e. The van der Waals surface area contributed by atoms with Gasteiger partial charge in [-0.1, -0.05) is 30.3 Å². The number of carbonyl (C=O) groups excluding carboxylic acids is 1. The molecule has 29 heavy (non-hydrogen) atoms. The molecular formula is C22H14BrF2N3O. The van der Waals surface area contributed by atoms with Crippen LogP contribution in [0.5, 0.6) is 0 Å². The highest BCUT2D eigenvalue weighted by molar-refractivity contribution is 9.10. The van der Waals surface area contributed by atoms with Gasteiger partial charge in [-0.3, -0.25) is 4.79 Å². The average Bonchev–Trinajstić information content (AvgIpc) is 3.17. The molecule has 0 spiro atoms. The SMILES string of the molecule is O=C(Nc1c(F)cc(F)cc1-c1ccccc1)c1ccc(-n2cc(Br)cn2)cc1. The molecule has 7 heteroatoms. The number of amides is 1. The van der Waals surface area contributed by atoms with Crippen molar-refractivity contribution in [2.75, 3.05) is 5.32 Å². The van der Waals surface area contributed by atoms with Crippen molar-refractivity contribution in [1.29, 1.82) is 0 Å². The smallest absolute Gasteiger partial charge is 0.255 e. The summed E-state index contributed by atoms with van der Waals surface area (Å²) < 4.78 is 30.8. The van der Waals surface area contributed by atoms with E-state index in [0.717, 1.165) is 16.2 Å². The van der Waals surface area contributed by atoms with Gasteiger partial charge in [0.05, 0.1) is 22.0 Å². The van der Waals surface area contributed by atoms with E-state index in [9.17, 15) is 13.6 Å². The van der Waals surface area contributed by atoms with Crippen molar-refractivity contribution in [3.05, 3.63) is 101 Å². The van der Waals surface area contributed by atoms with Crippen LogP contribution in [0.25, 0.3) is 16.8 Å². The molecule has 0 aliphatic rings. The monoisotopic (exact) mass is 453 g/mol. The van der Waals surface area contributed by atoms with Crippen LogP contribution in [-0.2, 0) is 0 Å². The van der Waals surface area contributed by atoms with Gasteiger partial charge in [-0.15, -0.1) is 0 Å². The molecule has 0 aliphatic heterocycles. The van der Waals surface area contributed by atoms with Crippen LogP contribution in [0.1, 0.15) is 10.4 Å². The summed E-state index contributed by atoms with van der Waals surface area (Å²) in [6, 6.07) is 17.4. The summed E-state index contributed by atoms with van der Waals surface area (Å²) in [6.07, 6.45) is 3.44. The molecule has 0 aliphatic carbocycles. The molecule has 0 fully saturated rings. The number of halogens is 3. The lowest BCUT2D eigenvalue weighted by Gasteiger charge is -2.13. The van der Waals surface area contributed by atoms with Gasteiger partial charge in [0.2, 0.25) is 0 Å². The van der Waals surface area contributed by atoms with E-state index in [1.165, 1.54) is 6.07 Å². The number of benzene rings is 3. The largest absolute Gasteiger partial charge is 0.319 e. The summed E-state index contributed by atoms with van der Waals surface area (Å²) >= 11 is 3.33. The Balaban J connectivity index is 1.63. The number of aromatic nitrogens is 2. The van der Waals surface area contributed by atoms with E-state index in [0.29, 0.717) is 11.1 Å². The Bertz CT molecular complexity index is 1170. The molecular weight excluding hydrogens is 440 g/mol. The molecule has 0 atom stereocenters. The van der Waals surface area contributed by atoms with E-state index in [2.05, 4.69) is 26.3 Å². The lowest BCUT2D eigenvalue weighted by atomic mass is 10.0. The van der Waals surface area contributed by atoms with Crippen molar-refractivity contribution in [3.8, 4) is 16.8 Å². The highest BCUT2D eigenvalue weighted by Gasteiger charge is 2.16. The Labute approximate surface area is 173 Å². The van der Waals surface area contributed by atoms with Crippen LogP contribution < -0.4 is 5.32 Å². The molecule has 3 aromatic carbocycles. The first-order valence-electron chi connectivity index (χ1n) is 8.68. The average molecular weight is 454 g/mol. The number of hydrogen-bond acceptors (Lipinski definition) is 2. The Hall–Kier alpha value is -3.32. The molecule has 4 rings (SSSR count). The minimum absolute atomic E-state index is 0.0670. The van der Waals surface area contributed by atoms with Crippen molar-refractivity contribution in [2.45, 2.75) is 0 Å². The van der Waals surface area contributed by atoms with Crippen molar-refractivity contribution in [1.82, 2.24) is 9.78 Å². The normalized spacial score (nSPS) is 10.7. The Morgan fingerprint density at radius 3 is 2.38 bits per heavy atom. The van der Waals surface area contributed by atoms with Gasteiger partial charge in [0, 0.05) is 23.4 Å². The van der Waals surface area contributed by atoms with Gasteiger partial charge in [-0.25, -0.2) is 13.5 Å². The summed E-state index contributed by atoms with van der Waals surface area (Å²) in [5, 5.41) is 6.75. The quantitative estimate of drug-likeness (QED) is 0.422. The van der Waals surface area contributed by atoms with Gasteiger partial charge in [0.1, 0.15) is 11.6 Å². The second-order valence-electron chi connectivity index (χ2n) is 6.28. The molecule has 0 unspecified atom stereocenters. The number of rotatable bonds is 4. The third-order valence-corrected chi connectivity index (χ3v) is 4.73. The summed E-state index contributed by atoms with van der Waals surface area (Å²) in [4.78, 5) is 12.7. The van der Waals surface area contributed by atoms with Crippen molar-refractivity contribution < 1.29 is 13.6 Å². The Kier molecular flexibility index (Phi) is 5.22. The predicted molar refractivity (Wildman–Crippen MR) is 111 cm³/mol. The fraction of sp³-hybridized carbons (Fsp3) is 0. The Morgan fingerprint density at radius 1 is 1.00 bits per heavy atom. The van der Waals surface area contributed by atoms with Crippen LogP contribution in [0.15, 0.2) is 83.6 Å². The molecule has 0 bridgehead atoms. The minimum atomic E-state index is -0.838. The third kappa shape index (κ3) is 4.09. The first-order valence-corrected chi connectivity index (χ1v) is 9.47. The van der Waals surface area contributed by atoms with Gasteiger partial charge in [-0.05, 0) is 51.8 Å². The Morgan fingerprint density at radius 2 is 1.72 bits per heavy atom. The van der Waals surface area contributed by atoms with Gasteiger partial charge in [0.15, 0.2) is 0 Å². The third-order valence-electron chi connectivity index (χ3n) is 4.32. The maximum absolute atomic E-state index is 14.5. The molecule has 1 aromatic heterocycles. The lowest BCUT2D eigenvalue weighted by Crippen LogP contribution is -2.14. The van der Waals surface area contributed by atoms with Crippen molar-refractivity contribution >= 4 is 27.5 Å². The summed E-state index contributed by atoms with van der Waals surface area (Å²) in [6.45, 7) is 0. The van der Waals surface area contributed by atoms with Crippen LogP contribution in [0.2, 0.25) is 0 Å². The molecule has 1 heterocycles. The molecule has 1 amide bonds. The second kappa shape index (κ2) is 7.97. The lowest BCUT2D eigenvalue weighted by molar-refractivity contribution is 0.102. The molecule has 144 valence electrons. The van der Waals surface area contributed by atoms with Gasteiger partial charge in [-0.2, -0.15) is 5.10 Å². The van der Waals surface area contributed by atoms with E-state index in [1.54, 1.807) is 71.7 Å². The summed E-state index contributed by atoms with van der Waals surface area (Å²) in [7, 11) is 0. The van der Waals surface area contributed by atoms with E-state index >= 15 is 0 Å². The first-order chi connectivity index (χ1) is 14.0. The second-order valence-corrected chi connectivity index (χ2v) is 7.20. The van der Waals surface area contributed by atoms with Crippen molar-refractivity contribution in [2.24, 2.45) is 0 Å². The number of nitrogens with one attached hydrogen (secondary N) is 1. The number of hydrogen-bond donors (Lipinski definition) is 1. The van der Waals surface area contributed by atoms with E-state index < -0.39 is 17.5 Å². The first kappa shape index (κ1) is 19.0. The molecule has 0 saturated carbocycles. The van der Waals surface area contributed by atoms with E-state index in [4.69, 9.17) is 0 Å². The maximum Gasteiger partial charge on any atom is 0.255 e. The maximum atomic E-state index is 14.5. The zero-order valence-electron chi connectivity index (χ0n) is 14.9. The predicted octanol–water partition coefficient (Wildman–Crippen LogP) is 5.83. The summed E-state index contributed by atoms with van der Waals surface area (Å²) in [5.74, 6) is -2.05. The van der Waals surface area contributed by atoms with Crippen molar-refractivity contribution in [3.63, 3.8) is 0 Å². The van der Waals surface area contributed by atoms with Crippen LogP contribution >= 0.6 is 15.9 Å². The highest BCUT2D eigenvalue weighted by atomic mass is 79.9. The highest BCUT2D eigenvalue weighted by Crippen LogP contribution is 2.32. The molecule has 4 aromatic rings. The zero-order valence-corrected chi connectivity index (χ0v) is 16.5. The van der Waals surface area contributed by atoms with Gasteiger partial charge in [0.25, 0.3) is 5.91 Å². The van der Waals surface area contributed by atoms with E-state index in [-0.39, 0.29) is 11.3 Å². The zero-order chi connectivity index (χ0) is 20.4. The van der Waals surface area contributed by atoms with Crippen LogP contribution in [0.3, 0.4) is 0 Å². The van der Waals surface area contributed by atoms with Gasteiger partial charge >= 0.3 is 0 Å². The number of carbonyl (C=O) groups is 1. The van der Waals surface area contributed by atoms with Crippen LogP contribution in [0.4, 0.5) is 14.5 Å². The topological polar surface area (TPSA) is 46.9 Å². The molecule has 0 saturated heterocycles. The molecule has 1 N–H and O–H groups in total. The number of nitrogens with zero attached hydrogens (tertiary/aromatic N) is 2. The fourth-order valence-corrected chi connectivity index (χ4v) is 3.22. The summed E-state index contributed by atoms with van der Waals surface area (Å²) in [5.41, 5.74) is 1.91. The van der Waals surface area contributed by atoms with E-state index in [1.807, 2.05) is 0 Å². The fourth-order valence-electron chi connectivity index (χ4n) is 2.94. The molecule has 4 nitrogen and oxygen atoms in total. The standard InChI is InChI=1S/C22H14BrF2N3O/c23-16-12-26-28(13-16)18-8-6-15(7-9-18)22(29)27-21-19(10-17(24)11-20(21)25)14-4-2-1-3-5-14/h1-13H,(H,27,29). The number of anilines is 1. The van der Waals surface area contributed by atoms with Gasteiger partial charge < -0.3 is 5.32 Å². The molecule has 0 radical (unpaired) electrons. The van der Waals surface area contributed by atoms with Crippen LogP contribution in [-0.4, -0.2) is 15.7 Å². The van der Waals surface area contributed by atoms with Crippen LogP contribution in [0, 0.1) is 11.6 Å².